The third kappa shape index (κ3) is 2.07. The van der Waals surface area contributed by atoms with Gasteiger partial charge in [-0.1, -0.05) is 11.6 Å². The summed E-state index contributed by atoms with van der Waals surface area (Å²) in [4.78, 5) is 2.27. The van der Waals surface area contributed by atoms with Crippen LogP contribution in [-0.4, -0.2) is 39.8 Å². The van der Waals surface area contributed by atoms with Crippen LogP contribution in [-0.2, 0) is 13.1 Å². The summed E-state index contributed by atoms with van der Waals surface area (Å²) in [5.74, 6) is 2.71. The van der Waals surface area contributed by atoms with Gasteiger partial charge in [0.15, 0.2) is 5.82 Å². The van der Waals surface area contributed by atoms with Gasteiger partial charge >= 0.3 is 0 Å². The topological polar surface area (TPSA) is 46.0 Å². The van der Waals surface area contributed by atoms with E-state index >= 15 is 0 Å². The van der Waals surface area contributed by atoms with Crippen LogP contribution in [0.3, 0.4) is 0 Å². The molecule has 0 bridgehead atoms. The molecule has 3 aliphatic rings. The zero-order valence-corrected chi connectivity index (χ0v) is 14.0. The second-order valence-corrected chi connectivity index (χ2v) is 7.90. The molecule has 0 radical (unpaired) electrons. The Kier molecular flexibility index (Phi) is 2.90. The smallest absolute Gasteiger partial charge is 0.151 e. The Morgan fingerprint density at radius 3 is 2.78 bits per heavy atom. The summed E-state index contributed by atoms with van der Waals surface area (Å²) in [7, 11) is 2.12. The number of hydrogen-bond donors (Lipinski definition) is 1. The molecule has 0 atom stereocenters. The van der Waals surface area contributed by atoms with Crippen molar-refractivity contribution in [3.8, 4) is 5.69 Å². The van der Waals surface area contributed by atoms with E-state index < -0.39 is 0 Å². The molecule has 23 heavy (non-hydrogen) atoms. The van der Waals surface area contributed by atoms with Crippen LogP contribution in [0.1, 0.15) is 36.0 Å². The molecule has 5 nitrogen and oxygen atoms in total. The number of nitrogens with zero attached hydrogens (tertiary/aromatic N) is 4. The zero-order chi connectivity index (χ0) is 15.6. The average Bonchev–Trinajstić information content (AvgIpc) is 2.74. The molecule has 2 aliphatic heterocycles. The highest BCUT2D eigenvalue weighted by atomic mass is 35.5. The van der Waals surface area contributed by atoms with Gasteiger partial charge in [0.05, 0.1) is 12.2 Å². The van der Waals surface area contributed by atoms with E-state index in [0.29, 0.717) is 11.3 Å². The maximum Gasteiger partial charge on any atom is 0.151 e. The molecular formula is C17H20ClN5. The second-order valence-electron chi connectivity index (χ2n) is 7.46. The number of rotatable bonds is 1. The van der Waals surface area contributed by atoms with Gasteiger partial charge in [-0.2, -0.15) is 0 Å². The van der Waals surface area contributed by atoms with Crippen molar-refractivity contribution in [2.75, 3.05) is 20.1 Å². The SMILES string of the molecule is CN1Cc2cc(Cl)ccc2-n2c(nnc2C2CC3(CNC3)C2)C1. The molecule has 1 aromatic heterocycles. The van der Waals surface area contributed by atoms with Gasteiger partial charge in [0, 0.05) is 30.6 Å². The van der Waals surface area contributed by atoms with Gasteiger partial charge in [0.1, 0.15) is 5.82 Å². The quantitative estimate of drug-likeness (QED) is 0.872. The van der Waals surface area contributed by atoms with Gasteiger partial charge in [0.25, 0.3) is 0 Å². The monoisotopic (exact) mass is 329 g/mol. The molecule has 120 valence electrons. The van der Waals surface area contributed by atoms with Gasteiger partial charge < -0.3 is 5.32 Å². The van der Waals surface area contributed by atoms with Crippen molar-refractivity contribution in [2.24, 2.45) is 5.41 Å². The van der Waals surface area contributed by atoms with Gasteiger partial charge in [-0.05, 0) is 49.1 Å². The van der Waals surface area contributed by atoms with E-state index in [2.05, 4.69) is 44.2 Å². The van der Waals surface area contributed by atoms with Crippen molar-refractivity contribution in [3.05, 3.63) is 40.4 Å². The fourth-order valence-electron chi connectivity index (χ4n) is 4.38. The molecule has 1 spiro atoms. The average molecular weight is 330 g/mol. The first-order chi connectivity index (χ1) is 11.1. The largest absolute Gasteiger partial charge is 0.316 e. The number of benzene rings is 1. The molecule has 2 fully saturated rings. The fraction of sp³-hybridized carbons (Fsp3) is 0.529. The van der Waals surface area contributed by atoms with Crippen molar-refractivity contribution in [1.82, 2.24) is 25.0 Å². The normalized spacial score (nSPS) is 22.9. The van der Waals surface area contributed by atoms with Crippen LogP contribution in [0.5, 0.6) is 0 Å². The lowest BCUT2D eigenvalue weighted by Crippen LogP contribution is -2.59. The van der Waals surface area contributed by atoms with Crippen molar-refractivity contribution >= 4 is 11.6 Å². The number of hydrogen-bond acceptors (Lipinski definition) is 4. The Labute approximate surface area is 140 Å². The number of halogens is 1. The van der Waals surface area contributed by atoms with Gasteiger partial charge in [-0.15, -0.1) is 10.2 Å². The molecule has 3 heterocycles. The second kappa shape index (κ2) is 4.79. The van der Waals surface area contributed by atoms with Crippen LogP contribution >= 0.6 is 11.6 Å². The molecule has 1 aliphatic carbocycles. The summed E-state index contributed by atoms with van der Waals surface area (Å²) in [6.45, 7) is 4.04. The van der Waals surface area contributed by atoms with Crippen LogP contribution in [0.4, 0.5) is 0 Å². The predicted octanol–water partition coefficient (Wildman–Crippen LogP) is 2.33. The molecule has 1 aromatic carbocycles. The van der Waals surface area contributed by atoms with Crippen LogP contribution in [0, 0.1) is 5.41 Å². The highest BCUT2D eigenvalue weighted by Gasteiger charge is 2.50. The van der Waals surface area contributed by atoms with E-state index in [1.165, 1.54) is 37.2 Å². The Hall–Kier alpha value is -1.43. The van der Waals surface area contributed by atoms with Crippen LogP contribution < -0.4 is 5.32 Å². The summed E-state index contributed by atoms with van der Waals surface area (Å²) < 4.78 is 2.29. The molecular weight excluding hydrogens is 310 g/mol. The maximum absolute atomic E-state index is 6.22. The predicted molar refractivity (Wildman–Crippen MR) is 88.8 cm³/mol. The molecule has 1 N–H and O–H groups in total. The fourth-order valence-corrected chi connectivity index (χ4v) is 4.58. The zero-order valence-electron chi connectivity index (χ0n) is 13.2. The molecule has 1 saturated carbocycles. The number of aromatic nitrogens is 3. The number of nitrogens with one attached hydrogen (secondary N) is 1. The van der Waals surface area contributed by atoms with E-state index in [0.717, 1.165) is 29.8 Å². The maximum atomic E-state index is 6.22. The highest BCUT2D eigenvalue weighted by molar-refractivity contribution is 6.30. The van der Waals surface area contributed by atoms with Gasteiger partial charge in [-0.25, -0.2) is 0 Å². The lowest BCUT2D eigenvalue weighted by Gasteiger charge is -2.54. The molecule has 0 unspecified atom stereocenters. The Morgan fingerprint density at radius 1 is 1.22 bits per heavy atom. The molecule has 6 heteroatoms. The first-order valence-corrected chi connectivity index (χ1v) is 8.64. The molecule has 5 rings (SSSR count). The van der Waals surface area contributed by atoms with Gasteiger partial charge in [-0.3, -0.25) is 9.47 Å². The highest BCUT2D eigenvalue weighted by Crippen LogP contribution is 2.53. The van der Waals surface area contributed by atoms with Crippen LogP contribution in [0.2, 0.25) is 5.02 Å². The van der Waals surface area contributed by atoms with E-state index in [-0.39, 0.29) is 0 Å². The minimum Gasteiger partial charge on any atom is -0.316 e. The number of fused-ring (bicyclic) bond motifs is 3. The van der Waals surface area contributed by atoms with Gasteiger partial charge in [0.2, 0.25) is 0 Å². The lowest BCUT2D eigenvalue weighted by molar-refractivity contribution is 0.0323. The first-order valence-electron chi connectivity index (χ1n) is 8.26. The molecule has 0 amide bonds. The third-order valence-corrected chi connectivity index (χ3v) is 5.85. The summed E-state index contributed by atoms with van der Waals surface area (Å²) in [6, 6.07) is 6.16. The van der Waals surface area contributed by atoms with Crippen molar-refractivity contribution in [2.45, 2.75) is 31.8 Å². The summed E-state index contributed by atoms with van der Waals surface area (Å²) in [5.41, 5.74) is 2.99. The summed E-state index contributed by atoms with van der Waals surface area (Å²) >= 11 is 6.22. The van der Waals surface area contributed by atoms with E-state index in [9.17, 15) is 0 Å². The summed E-state index contributed by atoms with van der Waals surface area (Å²) in [5, 5.41) is 13.3. The van der Waals surface area contributed by atoms with E-state index in [4.69, 9.17) is 11.6 Å². The molecule has 2 aromatic rings. The standard InChI is InChI=1S/C17H20ClN5/c1-22-7-11-4-13(18)2-3-14(11)23-15(8-22)20-21-16(23)12-5-17(6-12)9-19-10-17/h2-4,12,19H,5-10H2,1H3. The van der Waals surface area contributed by atoms with Crippen molar-refractivity contribution in [1.29, 1.82) is 0 Å². The molecule has 1 saturated heterocycles. The minimum absolute atomic E-state index is 0.533. The van der Waals surface area contributed by atoms with Crippen LogP contribution in [0.25, 0.3) is 5.69 Å². The summed E-state index contributed by atoms with van der Waals surface area (Å²) in [6.07, 6.45) is 2.47. The third-order valence-electron chi connectivity index (χ3n) is 5.61. The first kappa shape index (κ1) is 14.0. The minimum atomic E-state index is 0.533. The lowest BCUT2D eigenvalue weighted by atomic mass is 9.58. The van der Waals surface area contributed by atoms with Crippen molar-refractivity contribution in [3.63, 3.8) is 0 Å². The van der Waals surface area contributed by atoms with Crippen molar-refractivity contribution < 1.29 is 0 Å². The van der Waals surface area contributed by atoms with E-state index in [1.54, 1.807) is 0 Å². The Bertz CT molecular complexity index is 771. The Balaban J connectivity index is 1.59. The van der Waals surface area contributed by atoms with E-state index in [1.807, 2.05) is 6.07 Å². The Morgan fingerprint density at radius 2 is 2.04 bits per heavy atom. The van der Waals surface area contributed by atoms with Crippen LogP contribution in [0.15, 0.2) is 18.2 Å².